The van der Waals surface area contributed by atoms with Crippen molar-refractivity contribution >= 4 is 15.9 Å². The van der Waals surface area contributed by atoms with Crippen LogP contribution >= 0.6 is 15.9 Å². The smallest absolute Gasteiger partial charge is 0.174 e. The molecule has 3 atom stereocenters. The Morgan fingerprint density at radius 3 is 2.73 bits per heavy atom. The van der Waals surface area contributed by atoms with Gasteiger partial charge >= 0.3 is 0 Å². The maximum atomic E-state index is 10.1. The van der Waals surface area contributed by atoms with Crippen LogP contribution in [0, 0.1) is 0 Å². The summed E-state index contributed by atoms with van der Waals surface area (Å²) in [6, 6.07) is 4.68. The molecule has 1 aliphatic heterocycles. The van der Waals surface area contributed by atoms with E-state index in [-0.39, 0.29) is 11.5 Å². The molecule has 1 saturated heterocycles. The molecule has 0 aromatic heterocycles. The normalized spacial score (nSPS) is 31.9. The second-order valence-corrected chi connectivity index (χ2v) is 7.38. The van der Waals surface area contributed by atoms with Crippen LogP contribution in [-0.4, -0.2) is 50.0 Å². The predicted octanol–water partition coefficient (Wildman–Crippen LogP) is 2.95. The molecule has 0 spiro atoms. The number of aliphatic hydroxyl groups excluding tert-OH is 1. The zero-order valence-corrected chi connectivity index (χ0v) is 15.0. The standard InChI is InChI=1S/C17H24BrNO3/c1-19-7-6-17(5-4-12(20)10-15(17)19)11-8-13(18)16(22-3)14(9-11)21-2/h8-9,12,15,20H,4-7,10H2,1-3H3/t12-,15-,17-/m0/s1. The molecule has 4 nitrogen and oxygen atoms in total. The van der Waals surface area contributed by atoms with Crippen LogP contribution in [-0.2, 0) is 5.41 Å². The first-order valence-corrected chi connectivity index (χ1v) is 8.61. The number of likely N-dealkylation sites (tertiary alicyclic amines) is 1. The highest BCUT2D eigenvalue weighted by atomic mass is 79.9. The number of aliphatic hydroxyl groups is 1. The molecule has 2 aliphatic rings. The number of nitrogens with zero attached hydrogens (tertiary/aromatic N) is 1. The Kier molecular flexibility index (Phi) is 4.40. The molecule has 122 valence electrons. The predicted molar refractivity (Wildman–Crippen MR) is 89.8 cm³/mol. The van der Waals surface area contributed by atoms with Gasteiger partial charge in [0.1, 0.15) is 0 Å². The van der Waals surface area contributed by atoms with Crippen molar-refractivity contribution in [3.05, 3.63) is 22.2 Å². The van der Waals surface area contributed by atoms with Gasteiger partial charge in [0.05, 0.1) is 24.8 Å². The van der Waals surface area contributed by atoms with Crippen molar-refractivity contribution in [3.63, 3.8) is 0 Å². The number of hydrogen-bond acceptors (Lipinski definition) is 4. The number of ether oxygens (including phenoxy) is 2. The molecule has 5 heteroatoms. The Hall–Kier alpha value is -0.780. The zero-order chi connectivity index (χ0) is 15.9. The second kappa shape index (κ2) is 6.02. The van der Waals surface area contributed by atoms with E-state index >= 15 is 0 Å². The van der Waals surface area contributed by atoms with Crippen LogP contribution in [0.2, 0.25) is 0 Å². The SMILES string of the molecule is COc1cc([C@@]23CC[C@H](O)C[C@@H]2N(C)CC3)cc(Br)c1OC. The van der Waals surface area contributed by atoms with Gasteiger partial charge in [0.15, 0.2) is 11.5 Å². The van der Waals surface area contributed by atoms with Gasteiger partial charge < -0.3 is 19.5 Å². The van der Waals surface area contributed by atoms with Crippen molar-refractivity contribution in [2.75, 3.05) is 27.8 Å². The van der Waals surface area contributed by atoms with Gasteiger partial charge in [-0.3, -0.25) is 0 Å². The van der Waals surface area contributed by atoms with Crippen LogP contribution < -0.4 is 9.47 Å². The van der Waals surface area contributed by atoms with Gasteiger partial charge in [0, 0.05) is 11.5 Å². The van der Waals surface area contributed by atoms with Crippen molar-refractivity contribution in [2.24, 2.45) is 0 Å². The van der Waals surface area contributed by atoms with E-state index in [0.29, 0.717) is 6.04 Å². The molecule has 1 N–H and O–H groups in total. The lowest BCUT2D eigenvalue weighted by atomic mass is 9.65. The summed E-state index contributed by atoms with van der Waals surface area (Å²) in [4.78, 5) is 2.40. The molecule has 0 radical (unpaired) electrons. The molecule has 1 aliphatic carbocycles. The van der Waals surface area contributed by atoms with Gasteiger partial charge in [0.25, 0.3) is 0 Å². The lowest BCUT2D eigenvalue weighted by Crippen LogP contribution is -2.47. The third kappa shape index (κ3) is 2.43. The minimum absolute atomic E-state index is 0.107. The summed E-state index contributed by atoms with van der Waals surface area (Å²) in [6.07, 6.45) is 3.69. The van der Waals surface area contributed by atoms with Gasteiger partial charge in [-0.1, -0.05) is 0 Å². The van der Waals surface area contributed by atoms with E-state index in [4.69, 9.17) is 9.47 Å². The van der Waals surface area contributed by atoms with Crippen molar-refractivity contribution in [2.45, 2.75) is 43.2 Å². The Labute approximate surface area is 140 Å². The number of hydrogen-bond donors (Lipinski definition) is 1. The van der Waals surface area contributed by atoms with E-state index in [2.05, 4.69) is 40.0 Å². The summed E-state index contributed by atoms with van der Waals surface area (Å²) in [5.41, 5.74) is 1.40. The minimum Gasteiger partial charge on any atom is -0.493 e. The Bertz CT molecular complexity index is 565. The van der Waals surface area contributed by atoms with Crippen molar-refractivity contribution in [1.82, 2.24) is 4.90 Å². The molecule has 0 bridgehead atoms. The molecule has 1 saturated carbocycles. The van der Waals surface area contributed by atoms with Crippen molar-refractivity contribution in [1.29, 1.82) is 0 Å². The van der Waals surface area contributed by atoms with Gasteiger partial charge in [0.2, 0.25) is 0 Å². The number of methoxy groups -OCH3 is 2. The van der Waals surface area contributed by atoms with E-state index in [0.717, 1.165) is 48.2 Å². The highest BCUT2D eigenvalue weighted by molar-refractivity contribution is 9.10. The summed E-state index contributed by atoms with van der Waals surface area (Å²) in [7, 11) is 5.50. The van der Waals surface area contributed by atoms with Crippen LogP contribution in [0.15, 0.2) is 16.6 Å². The molecule has 3 rings (SSSR count). The number of benzene rings is 1. The van der Waals surface area contributed by atoms with E-state index in [1.165, 1.54) is 5.56 Å². The van der Waals surface area contributed by atoms with E-state index in [1.54, 1.807) is 14.2 Å². The largest absolute Gasteiger partial charge is 0.493 e. The maximum Gasteiger partial charge on any atom is 0.174 e. The van der Waals surface area contributed by atoms with Crippen LogP contribution in [0.5, 0.6) is 11.5 Å². The van der Waals surface area contributed by atoms with Crippen molar-refractivity contribution < 1.29 is 14.6 Å². The fourth-order valence-electron chi connectivity index (χ4n) is 4.30. The fourth-order valence-corrected chi connectivity index (χ4v) is 4.91. The van der Waals surface area contributed by atoms with Crippen LogP contribution in [0.3, 0.4) is 0 Å². The topological polar surface area (TPSA) is 41.9 Å². The van der Waals surface area contributed by atoms with Gasteiger partial charge in [-0.25, -0.2) is 0 Å². The Balaban J connectivity index is 2.07. The first-order chi connectivity index (χ1) is 10.5. The van der Waals surface area contributed by atoms with Crippen LogP contribution in [0.1, 0.15) is 31.2 Å². The molecule has 0 unspecified atom stereocenters. The molecule has 1 aromatic rings. The van der Waals surface area contributed by atoms with Gasteiger partial charge in [-0.2, -0.15) is 0 Å². The monoisotopic (exact) mass is 369 g/mol. The highest BCUT2D eigenvalue weighted by Crippen LogP contribution is 2.51. The quantitative estimate of drug-likeness (QED) is 0.889. The van der Waals surface area contributed by atoms with Crippen molar-refractivity contribution in [3.8, 4) is 11.5 Å². The molecule has 2 fully saturated rings. The first-order valence-electron chi connectivity index (χ1n) is 7.82. The maximum absolute atomic E-state index is 10.1. The van der Waals surface area contributed by atoms with Crippen LogP contribution in [0.4, 0.5) is 0 Å². The third-order valence-electron chi connectivity index (χ3n) is 5.51. The lowest BCUT2D eigenvalue weighted by molar-refractivity contribution is 0.0566. The molecule has 1 heterocycles. The van der Waals surface area contributed by atoms with E-state index in [9.17, 15) is 5.11 Å². The minimum atomic E-state index is -0.178. The van der Waals surface area contributed by atoms with E-state index in [1.807, 2.05) is 0 Å². The fraction of sp³-hybridized carbons (Fsp3) is 0.647. The van der Waals surface area contributed by atoms with Gasteiger partial charge in [-0.05, 0) is 72.9 Å². The average molecular weight is 370 g/mol. The first kappa shape index (κ1) is 16.1. The Morgan fingerprint density at radius 1 is 1.27 bits per heavy atom. The third-order valence-corrected chi connectivity index (χ3v) is 6.10. The molecule has 1 aromatic carbocycles. The van der Waals surface area contributed by atoms with Crippen LogP contribution in [0.25, 0.3) is 0 Å². The number of likely N-dealkylation sites (N-methyl/N-ethyl adjacent to an activating group) is 1. The molecule has 0 amide bonds. The Morgan fingerprint density at radius 2 is 2.05 bits per heavy atom. The second-order valence-electron chi connectivity index (χ2n) is 6.52. The summed E-state index contributed by atoms with van der Waals surface area (Å²) >= 11 is 3.62. The van der Waals surface area contributed by atoms with Gasteiger partial charge in [-0.15, -0.1) is 0 Å². The summed E-state index contributed by atoms with van der Waals surface area (Å²) in [6.45, 7) is 1.07. The molecular formula is C17H24BrNO3. The summed E-state index contributed by atoms with van der Waals surface area (Å²) < 4.78 is 11.9. The summed E-state index contributed by atoms with van der Waals surface area (Å²) in [5, 5.41) is 10.1. The highest BCUT2D eigenvalue weighted by Gasteiger charge is 2.50. The average Bonchev–Trinajstić information content (AvgIpc) is 2.84. The molecule has 22 heavy (non-hydrogen) atoms. The summed E-state index contributed by atoms with van der Waals surface area (Å²) in [5.74, 6) is 1.50. The number of halogens is 1. The molecular weight excluding hydrogens is 346 g/mol. The lowest BCUT2D eigenvalue weighted by Gasteiger charge is -2.43. The number of fused-ring (bicyclic) bond motifs is 1. The zero-order valence-electron chi connectivity index (χ0n) is 13.4. The van der Waals surface area contributed by atoms with E-state index < -0.39 is 0 Å². The number of rotatable bonds is 3.